The lowest BCUT2D eigenvalue weighted by Gasteiger charge is -2.28. The van der Waals surface area contributed by atoms with Crippen LogP contribution in [0.25, 0.3) is 0 Å². The number of hydrogen-bond donors (Lipinski definition) is 1. The summed E-state index contributed by atoms with van der Waals surface area (Å²) in [6, 6.07) is 0.641. The van der Waals surface area contributed by atoms with Gasteiger partial charge in [0.2, 0.25) is 0 Å². The maximum absolute atomic E-state index is 5.61. The van der Waals surface area contributed by atoms with Crippen LogP contribution >= 0.6 is 0 Å². The topological polar surface area (TPSA) is 43.8 Å². The third-order valence-electron chi connectivity index (χ3n) is 3.44. The number of anilines is 1. The normalized spacial score (nSPS) is 27.8. The van der Waals surface area contributed by atoms with Gasteiger partial charge >= 0.3 is 0 Å². The minimum Gasteiger partial charge on any atom is -0.382 e. The highest BCUT2D eigenvalue weighted by molar-refractivity contribution is 5.22. The number of nitrogens with two attached hydrogens (primary N) is 1. The molecule has 1 aromatic heterocycles. The Bertz CT molecular complexity index is 284. The molecule has 1 aromatic rings. The van der Waals surface area contributed by atoms with Gasteiger partial charge in [-0.1, -0.05) is 13.3 Å². The van der Waals surface area contributed by atoms with E-state index in [1.54, 1.807) is 0 Å². The van der Waals surface area contributed by atoms with Crippen molar-refractivity contribution in [3.8, 4) is 0 Å². The molecule has 2 rings (SSSR count). The molecule has 3 nitrogen and oxygen atoms in total. The van der Waals surface area contributed by atoms with Crippen molar-refractivity contribution >= 4 is 5.82 Å². The molecule has 0 atom stereocenters. The molecule has 2 N–H and O–H groups in total. The van der Waals surface area contributed by atoms with Gasteiger partial charge in [-0.15, -0.1) is 0 Å². The van der Waals surface area contributed by atoms with Crippen LogP contribution in [0, 0.1) is 5.92 Å². The molecule has 3 heteroatoms. The lowest BCUT2D eigenvalue weighted by atomic mass is 9.84. The fourth-order valence-electron chi connectivity index (χ4n) is 2.40. The van der Waals surface area contributed by atoms with Crippen LogP contribution in [-0.4, -0.2) is 9.55 Å². The maximum atomic E-state index is 5.61. The van der Waals surface area contributed by atoms with Crippen LogP contribution in [0.4, 0.5) is 5.82 Å². The van der Waals surface area contributed by atoms with E-state index in [1.165, 1.54) is 32.1 Å². The Labute approximate surface area is 85.3 Å². The molecule has 0 unspecified atom stereocenters. The van der Waals surface area contributed by atoms with E-state index in [1.807, 2.05) is 12.5 Å². The summed E-state index contributed by atoms with van der Waals surface area (Å²) in [5, 5.41) is 0. The van der Waals surface area contributed by atoms with E-state index in [2.05, 4.69) is 16.5 Å². The van der Waals surface area contributed by atoms with Crippen LogP contribution in [0.15, 0.2) is 12.5 Å². The minimum absolute atomic E-state index is 0.641. The van der Waals surface area contributed by atoms with Crippen molar-refractivity contribution in [3.63, 3.8) is 0 Å². The van der Waals surface area contributed by atoms with Crippen LogP contribution in [0.2, 0.25) is 0 Å². The first-order valence-electron chi connectivity index (χ1n) is 5.58. The van der Waals surface area contributed by atoms with Crippen molar-refractivity contribution < 1.29 is 0 Å². The van der Waals surface area contributed by atoms with Crippen molar-refractivity contribution in [2.45, 2.75) is 45.1 Å². The second-order valence-corrected chi connectivity index (χ2v) is 4.33. The van der Waals surface area contributed by atoms with Crippen LogP contribution < -0.4 is 5.73 Å². The van der Waals surface area contributed by atoms with Crippen molar-refractivity contribution in [3.05, 3.63) is 12.5 Å². The van der Waals surface area contributed by atoms with Gasteiger partial charge in [0.15, 0.2) is 0 Å². The SMILES string of the molecule is CCC1CCC(n2cnc(N)c2)CC1. The Morgan fingerprint density at radius 1 is 1.43 bits per heavy atom. The molecule has 1 aliphatic carbocycles. The molecule has 1 fully saturated rings. The molecule has 1 heterocycles. The summed E-state index contributed by atoms with van der Waals surface area (Å²) in [6.45, 7) is 2.29. The molecular weight excluding hydrogens is 174 g/mol. The number of nitrogen functional groups attached to an aromatic ring is 1. The first-order valence-corrected chi connectivity index (χ1v) is 5.58. The monoisotopic (exact) mass is 193 g/mol. The zero-order chi connectivity index (χ0) is 9.97. The average molecular weight is 193 g/mol. The van der Waals surface area contributed by atoms with Gasteiger partial charge in [0.25, 0.3) is 0 Å². The third kappa shape index (κ3) is 1.91. The standard InChI is InChI=1S/C11H19N3/c1-2-9-3-5-10(6-4-9)14-7-11(12)13-8-14/h7-10H,2-6,12H2,1H3. The van der Waals surface area contributed by atoms with E-state index in [9.17, 15) is 0 Å². The Balaban J connectivity index is 1.95. The van der Waals surface area contributed by atoms with E-state index in [0.29, 0.717) is 11.9 Å². The second kappa shape index (κ2) is 4.03. The molecule has 0 aromatic carbocycles. The fraction of sp³-hybridized carbons (Fsp3) is 0.727. The Hall–Kier alpha value is -0.990. The second-order valence-electron chi connectivity index (χ2n) is 4.33. The Morgan fingerprint density at radius 2 is 2.14 bits per heavy atom. The lowest BCUT2D eigenvalue weighted by Crippen LogP contribution is -2.16. The molecule has 0 aliphatic heterocycles. The van der Waals surface area contributed by atoms with Gasteiger partial charge in [-0.05, 0) is 31.6 Å². The zero-order valence-electron chi connectivity index (χ0n) is 8.82. The van der Waals surface area contributed by atoms with Crippen molar-refractivity contribution in [1.82, 2.24) is 9.55 Å². The molecule has 0 radical (unpaired) electrons. The molecule has 0 spiro atoms. The number of nitrogens with zero attached hydrogens (tertiary/aromatic N) is 2. The molecule has 0 amide bonds. The summed E-state index contributed by atoms with van der Waals surface area (Å²) in [6.07, 6.45) is 10.4. The zero-order valence-corrected chi connectivity index (χ0v) is 8.82. The summed E-state index contributed by atoms with van der Waals surface area (Å²) in [7, 11) is 0. The smallest absolute Gasteiger partial charge is 0.141 e. The molecular formula is C11H19N3. The van der Waals surface area contributed by atoms with Crippen molar-refractivity contribution in [1.29, 1.82) is 0 Å². The fourth-order valence-corrected chi connectivity index (χ4v) is 2.40. The van der Waals surface area contributed by atoms with E-state index in [0.717, 1.165) is 5.92 Å². The van der Waals surface area contributed by atoms with Crippen LogP contribution in [0.5, 0.6) is 0 Å². The first kappa shape index (κ1) is 9.56. The summed E-state index contributed by atoms with van der Waals surface area (Å²) in [5.41, 5.74) is 5.61. The average Bonchev–Trinajstić information content (AvgIpc) is 2.65. The summed E-state index contributed by atoms with van der Waals surface area (Å²) in [4.78, 5) is 4.07. The van der Waals surface area contributed by atoms with Gasteiger partial charge < -0.3 is 10.3 Å². The van der Waals surface area contributed by atoms with Gasteiger partial charge in [0.05, 0.1) is 6.33 Å². The molecule has 1 aliphatic rings. The van der Waals surface area contributed by atoms with Crippen molar-refractivity contribution in [2.75, 3.05) is 5.73 Å². The quantitative estimate of drug-likeness (QED) is 0.784. The van der Waals surface area contributed by atoms with Gasteiger partial charge in [-0.2, -0.15) is 0 Å². The predicted molar refractivity (Wildman–Crippen MR) is 57.9 cm³/mol. The number of imidazole rings is 1. The van der Waals surface area contributed by atoms with E-state index in [-0.39, 0.29) is 0 Å². The van der Waals surface area contributed by atoms with Gasteiger partial charge in [-0.25, -0.2) is 4.98 Å². The molecule has 1 saturated carbocycles. The number of aromatic nitrogens is 2. The maximum Gasteiger partial charge on any atom is 0.141 e. The van der Waals surface area contributed by atoms with Gasteiger partial charge in [-0.3, -0.25) is 0 Å². The number of hydrogen-bond acceptors (Lipinski definition) is 2. The highest BCUT2D eigenvalue weighted by Crippen LogP contribution is 2.33. The summed E-state index contributed by atoms with van der Waals surface area (Å²) in [5.74, 6) is 1.59. The van der Waals surface area contributed by atoms with E-state index < -0.39 is 0 Å². The van der Waals surface area contributed by atoms with Crippen molar-refractivity contribution in [2.24, 2.45) is 5.92 Å². The minimum atomic E-state index is 0.641. The summed E-state index contributed by atoms with van der Waals surface area (Å²) >= 11 is 0. The van der Waals surface area contributed by atoms with Gasteiger partial charge in [0.1, 0.15) is 5.82 Å². The third-order valence-corrected chi connectivity index (χ3v) is 3.44. The van der Waals surface area contributed by atoms with Crippen LogP contribution in [-0.2, 0) is 0 Å². The highest BCUT2D eigenvalue weighted by Gasteiger charge is 2.20. The Kier molecular flexibility index (Phi) is 2.75. The molecule has 0 saturated heterocycles. The van der Waals surface area contributed by atoms with Crippen LogP contribution in [0.3, 0.4) is 0 Å². The van der Waals surface area contributed by atoms with Crippen LogP contribution in [0.1, 0.15) is 45.1 Å². The highest BCUT2D eigenvalue weighted by atomic mass is 15.1. The lowest BCUT2D eigenvalue weighted by molar-refractivity contribution is 0.269. The molecule has 14 heavy (non-hydrogen) atoms. The van der Waals surface area contributed by atoms with E-state index >= 15 is 0 Å². The predicted octanol–water partition coefficient (Wildman–Crippen LogP) is 2.61. The van der Waals surface area contributed by atoms with Gasteiger partial charge in [0, 0.05) is 12.2 Å². The molecule has 78 valence electrons. The van der Waals surface area contributed by atoms with E-state index in [4.69, 9.17) is 5.73 Å². The Morgan fingerprint density at radius 3 is 2.64 bits per heavy atom. The molecule has 0 bridgehead atoms. The largest absolute Gasteiger partial charge is 0.382 e. The summed E-state index contributed by atoms with van der Waals surface area (Å²) < 4.78 is 2.18. The first-order chi connectivity index (χ1) is 6.79. The number of rotatable bonds is 2.